The number of halogens is 4. The van der Waals surface area contributed by atoms with Gasteiger partial charge in [0.1, 0.15) is 11.5 Å². The largest absolute Gasteiger partial charge is 0.457 e. The monoisotopic (exact) mass is 314 g/mol. The summed E-state index contributed by atoms with van der Waals surface area (Å²) in [6.07, 6.45) is -4.49. The van der Waals surface area contributed by atoms with E-state index in [0.717, 1.165) is 17.2 Å². The van der Waals surface area contributed by atoms with Crippen molar-refractivity contribution in [3.8, 4) is 11.5 Å². The maximum atomic E-state index is 13.1. The lowest BCUT2D eigenvalue weighted by Crippen LogP contribution is -2.08. The third-order valence-electron chi connectivity index (χ3n) is 3.21. The predicted molar refractivity (Wildman–Crippen MR) is 77.0 cm³/mol. The minimum atomic E-state index is -4.49. The highest BCUT2D eigenvalue weighted by molar-refractivity contribution is 6.17. The Kier molecular flexibility index (Phi) is 4.47. The molecule has 2 aromatic carbocycles. The van der Waals surface area contributed by atoms with Crippen LogP contribution in [0.5, 0.6) is 11.5 Å². The zero-order chi connectivity index (χ0) is 15.6. The highest BCUT2D eigenvalue weighted by Gasteiger charge is 2.34. The molecule has 0 aliphatic heterocycles. The van der Waals surface area contributed by atoms with Gasteiger partial charge in [-0.05, 0) is 54.8 Å². The fraction of sp³-hybridized carbons (Fsp3) is 0.250. The molecule has 0 spiro atoms. The number of hydrogen-bond donors (Lipinski definition) is 0. The number of rotatable bonds is 3. The smallest absolute Gasteiger partial charge is 0.419 e. The number of ether oxygens (including phenoxy) is 1. The number of alkyl halides is 4. The molecule has 0 fully saturated rings. The minimum Gasteiger partial charge on any atom is -0.457 e. The summed E-state index contributed by atoms with van der Waals surface area (Å²) in [5.41, 5.74) is 1.59. The van der Waals surface area contributed by atoms with Crippen LogP contribution in [0, 0.1) is 13.8 Å². The Bertz CT molecular complexity index is 650. The Balaban J connectivity index is 2.41. The summed E-state index contributed by atoms with van der Waals surface area (Å²) in [5.74, 6) is 0.175. The number of benzene rings is 2. The molecule has 0 saturated carbocycles. The van der Waals surface area contributed by atoms with Gasteiger partial charge in [0.15, 0.2) is 0 Å². The molecule has 0 heterocycles. The van der Waals surface area contributed by atoms with E-state index in [9.17, 15) is 13.2 Å². The van der Waals surface area contributed by atoms with Gasteiger partial charge in [0.05, 0.1) is 5.56 Å². The van der Waals surface area contributed by atoms with Crippen molar-refractivity contribution in [1.82, 2.24) is 0 Å². The van der Waals surface area contributed by atoms with Crippen LogP contribution in [-0.2, 0) is 12.1 Å². The molecule has 0 atom stereocenters. The Morgan fingerprint density at radius 3 is 2.29 bits per heavy atom. The molecule has 0 aromatic heterocycles. The zero-order valence-electron chi connectivity index (χ0n) is 11.6. The van der Waals surface area contributed by atoms with Crippen molar-refractivity contribution < 1.29 is 17.9 Å². The topological polar surface area (TPSA) is 9.23 Å². The Morgan fingerprint density at radius 1 is 1.00 bits per heavy atom. The molecule has 5 heteroatoms. The Labute approximate surface area is 126 Å². The second-order valence-corrected chi connectivity index (χ2v) is 5.08. The fourth-order valence-corrected chi connectivity index (χ4v) is 2.04. The lowest BCUT2D eigenvalue weighted by atomic mass is 10.1. The van der Waals surface area contributed by atoms with Gasteiger partial charge >= 0.3 is 6.18 Å². The summed E-state index contributed by atoms with van der Waals surface area (Å²) < 4.78 is 44.7. The summed E-state index contributed by atoms with van der Waals surface area (Å²) >= 11 is 5.59. The lowest BCUT2D eigenvalue weighted by molar-refractivity contribution is -0.138. The van der Waals surface area contributed by atoms with Crippen LogP contribution in [0.4, 0.5) is 13.2 Å². The summed E-state index contributed by atoms with van der Waals surface area (Å²) in [6, 6.07) is 9.02. The second-order valence-electron chi connectivity index (χ2n) is 4.81. The minimum absolute atomic E-state index is 0.0208. The van der Waals surface area contributed by atoms with Gasteiger partial charge in [-0.15, -0.1) is 11.6 Å². The van der Waals surface area contributed by atoms with Gasteiger partial charge in [-0.2, -0.15) is 13.2 Å². The third kappa shape index (κ3) is 3.70. The average molecular weight is 315 g/mol. The van der Waals surface area contributed by atoms with Crippen LogP contribution in [0.1, 0.15) is 22.3 Å². The van der Waals surface area contributed by atoms with Gasteiger partial charge in [-0.3, -0.25) is 0 Å². The summed E-state index contributed by atoms with van der Waals surface area (Å²) in [5, 5.41) is 0. The van der Waals surface area contributed by atoms with Gasteiger partial charge in [0.2, 0.25) is 0 Å². The van der Waals surface area contributed by atoms with Crippen LogP contribution in [0.15, 0.2) is 36.4 Å². The molecular weight excluding hydrogens is 301 g/mol. The first-order valence-corrected chi connectivity index (χ1v) is 6.86. The highest BCUT2D eigenvalue weighted by atomic mass is 35.5. The molecule has 0 unspecified atom stereocenters. The molecule has 0 saturated heterocycles. The quantitative estimate of drug-likeness (QED) is 0.645. The Hall–Kier alpha value is -1.68. The van der Waals surface area contributed by atoms with Crippen molar-refractivity contribution in [2.75, 3.05) is 0 Å². The molecule has 0 aliphatic carbocycles. The Morgan fingerprint density at radius 2 is 1.71 bits per heavy atom. The van der Waals surface area contributed by atoms with E-state index in [-0.39, 0.29) is 11.6 Å². The zero-order valence-corrected chi connectivity index (χ0v) is 12.3. The van der Waals surface area contributed by atoms with E-state index in [4.69, 9.17) is 16.3 Å². The first-order chi connectivity index (χ1) is 9.81. The van der Waals surface area contributed by atoms with Crippen molar-refractivity contribution in [3.63, 3.8) is 0 Å². The average Bonchev–Trinajstić information content (AvgIpc) is 2.42. The molecule has 0 amide bonds. The molecule has 2 aromatic rings. The van der Waals surface area contributed by atoms with E-state index in [1.165, 1.54) is 12.1 Å². The summed E-state index contributed by atoms with van der Waals surface area (Å²) in [4.78, 5) is 0. The van der Waals surface area contributed by atoms with Gasteiger partial charge < -0.3 is 4.74 Å². The standard InChI is InChI=1S/C16H14ClF3O/c1-10-3-5-13(7-11(10)2)21-15-6-4-12(9-17)8-14(15)16(18,19)20/h3-8H,9H2,1-2H3. The van der Waals surface area contributed by atoms with Crippen LogP contribution < -0.4 is 4.74 Å². The van der Waals surface area contributed by atoms with Gasteiger partial charge in [0, 0.05) is 5.88 Å². The van der Waals surface area contributed by atoms with Crippen LogP contribution in [0.25, 0.3) is 0 Å². The highest BCUT2D eigenvalue weighted by Crippen LogP contribution is 2.39. The molecule has 1 nitrogen and oxygen atoms in total. The molecule has 0 N–H and O–H groups in total. The van der Waals surface area contributed by atoms with E-state index in [2.05, 4.69) is 0 Å². The van der Waals surface area contributed by atoms with Crippen LogP contribution >= 0.6 is 11.6 Å². The molecule has 21 heavy (non-hydrogen) atoms. The summed E-state index contributed by atoms with van der Waals surface area (Å²) in [6.45, 7) is 3.80. The van der Waals surface area contributed by atoms with Crippen molar-refractivity contribution >= 4 is 11.6 Å². The van der Waals surface area contributed by atoms with Gasteiger partial charge in [-0.25, -0.2) is 0 Å². The van der Waals surface area contributed by atoms with Crippen molar-refractivity contribution in [3.05, 3.63) is 58.7 Å². The van der Waals surface area contributed by atoms with Gasteiger partial charge in [-0.1, -0.05) is 12.1 Å². The molecule has 0 aliphatic rings. The molecule has 112 valence electrons. The fourth-order valence-electron chi connectivity index (χ4n) is 1.88. The first kappa shape index (κ1) is 15.7. The van der Waals surface area contributed by atoms with E-state index >= 15 is 0 Å². The van der Waals surface area contributed by atoms with E-state index in [1.807, 2.05) is 19.9 Å². The van der Waals surface area contributed by atoms with Crippen molar-refractivity contribution in [2.45, 2.75) is 25.9 Å². The predicted octanol–water partition coefficient (Wildman–Crippen LogP) is 5.85. The van der Waals surface area contributed by atoms with Crippen molar-refractivity contribution in [2.24, 2.45) is 0 Å². The first-order valence-electron chi connectivity index (χ1n) is 6.32. The number of hydrogen-bond acceptors (Lipinski definition) is 1. The van der Waals surface area contributed by atoms with Crippen molar-refractivity contribution in [1.29, 1.82) is 0 Å². The van der Waals surface area contributed by atoms with E-state index in [0.29, 0.717) is 11.3 Å². The van der Waals surface area contributed by atoms with Crippen LogP contribution in [0.2, 0.25) is 0 Å². The molecule has 0 bridgehead atoms. The normalized spacial score (nSPS) is 11.5. The van der Waals surface area contributed by atoms with Gasteiger partial charge in [0.25, 0.3) is 0 Å². The lowest BCUT2D eigenvalue weighted by Gasteiger charge is -2.15. The molecular formula is C16H14ClF3O. The maximum absolute atomic E-state index is 13.1. The summed E-state index contributed by atoms with van der Waals surface area (Å²) in [7, 11) is 0. The van der Waals surface area contributed by atoms with Crippen LogP contribution in [0.3, 0.4) is 0 Å². The van der Waals surface area contributed by atoms with Crippen LogP contribution in [-0.4, -0.2) is 0 Å². The second kappa shape index (κ2) is 5.98. The molecule has 0 radical (unpaired) electrons. The number of aryl methyl sites for hydroxylation is 2. The van der Waals surface area contributed by atoms with E-state index < -0.39 is 11.7 Å². The third-order valence-corrected chi connectivity index (χ3v) is 3.52. The van der Waals surface area contributed by atoms with E-state index in [1.54, 1.807) is 12.1 Å². The SMILES string of the molecule is Cc1ccc(Oc2ccc(CCl)cc2C(F)(F)F)cc1C. The maximum Gasteiger partial charge on any atom is 0.419 e. The molecule has 2 rings (SSSR count).